The zero-order valence-electron chi connectivity index (χ0n) is 19.0. The summed E-state index contributed by atoms with van der Waals surface area (Å²) < 4.78 is 5.14. The highest BCUT2D eigenvalue weighted by Gasteiger charge is 2.16. The van der Waals surface area contributed by atoms with Crippen LogP contribution in [0.3, 0.4) is 0 Å². The normalized spacial score (nSPS) is 10.4. The average Bonchev–Trinajstić information content (AvgIpc) is 2.89. The van der Waals surface area contributed by atoms with E-state index >= 15 is 0 Å². The molecule has 0 saturated carbocycles. The molecule has 0 aliphatic heterocycles. The van der Waals surface area contributed by atoms with Gasteiger partial charge in [-0.25, -0.2) is 4.98 Å². The number of nitrogens with one attached hydrogen (secondary N) is 1. The van der Waals surface area contributed by atoms with Crippen molar-refractivity contribution in [3.8, 4) is 34.2 Å². The number of pyridine rings is 1. The van der Waals surface area contributed by atoms with Crippen molar-refractivity contribution in [1.29, 1.82) is 5.26 Å². The van der Waals surface area contributed by atoms with Crippen LogP contribution in [0.5, 0.6) is 5.75 Å². The summed E-state index contributed by atoms with van der Waals surface area (Å²) in [6.45, 7) is 0. The second kappa shape index (κ2) is 11.6. The molecular weight excluding hydrogens is 478 g/mol. The fraction of sp³-hybridized carbons (Fsp3) is 0.107. The van der Waals surface area contributed by atoms with Crippen LogP contribution in [0.1, 0.15) is 12.0 Å². The van der Waals surface area contributed by atoms with Crippen LogP contribution >= 0.6 is 23.4 Å². The lowest BCUT2D eigenvalue weighted by Gasteiger charge is -2.13. The number of hydrogen-bond donors (Lipinski definition) is 1. The molecule has 0 spiro atoms. The highest BCUT2D eigenvalue weighted by atomic mass is 35.5. The van der Waals surface area contributed by atoms with Crippen LogP contribution in [0, 0.1) is 11.3 Å². The molecular formula is C28H22ClN3O2S. The summed E-state index contributed by atoms with van der Waals surface area (Å²) in [4.78, 5) is 17.3. The number of anilines is 1. The molecule has 0 aliphatic rings. The van der Waals surface area contributed by atoms with Crippen LogP contribution < -0.4 is 10.1 Å². The number of hydrogen-bond acceptors (Lipinski definition) is 5. The quantitative estimate of drug-likeness (QED) is 0.262. The molecule has 1 aromatic heterocycles. The van der Waals surface area contributed by atoms with Gasteiger partial charge in [-0.3, -0.25) is 4.79 Å². The summed E-state index contributed by atoms with van der Waals surface area (Å²) in [5.74, 6) is 0.853. The van der Waals surface area contributed by atoms with Crippen LogP contribution in [0.15, 0.2) is 90.0 Å². The Morgan fingerprint density at radius 2 is 1.71 bits per heavy atom. The maximum atomic E-state index is 12.5. The van der Waals surface area contributed by atoms with Crippen LogP contribution in [0.25, 0.3) is 22.4 Å². The average molecular weight is 500 g/mol. The van der Waals surface area contributed by atoms with Crippen molar-refractivity contribution in [2.45, 2.75) is 11.4 Å². The van der Waals surface area contributed by atoms with Crippen LogP contribution in [0.4, 0.5) is 5.69 Å². The van der Waals surface area contributed by atoms with E-state index in [9.17, 15) is 10.1 Å². The molecule has 0 unspecified atom stereocenters. The molecule has 4 aromatic rings. The van der Waals surface area contributed by atoms with Crippen molar-refractivity contribution < 1.29 is 9.53 Å². The number of benzene rings is 3. The van der Waals surface area contributed by atoms with E-state index in [1.807, 2.05) is 66.7 Å². The standard InChI is InChI=1S/C28H22ClN3O2S/c1-34-26-13-12-21(16-24(26)29)31-27(33)14-15-35-28-23(18-30)22(19-8-4-2-5-9-19)17-25(32-28)20-10-6-3-7-11-20/h2-13,16-17H,14-15H2,1H3,(H,31,33). The third-order valence-corrected chi connectivity index (χ3v) is 6.53. The SMILES string of the molecule is COc1ccc(NC(=O)CCSc2nc(-c3ccccc3)cc(-c3ccccc3)c2C#N)cc1Cl. The third-order valence-electron chi connectivity index (χ3n) is 5.26. The van der Waals surface area contributed by atoms with Crippen molar-refractivity contribution in [2.75, 3.05) is 18.2 Å². The predicted molar refractivity (Wildman–Crippen MR) is 142 cm³/mol. The smallest absolute Gasteiger partial charge is 0.225 e. The van der Waals surface area contributed by atoms with E-state index in [2.05, 4.69) is 11.4 Å². The number of amides is 1. The van der Waals surface area contributed by atoms with Crippen molar-refractivity contribution in [2.24, 2.45) is 0 Å². The van der Waals surface area contributed by atoms with E-state index in [4.69, 9.17) is 21.3 Å². The Balaban J connectivity index is 1.55. The molecule has 3 aromatic carbocycles. The van der Waals surface area contributed by atoms with Gasteiger partial charge >= 0.3 is 0 Å². The van der Waals surface area contributed by atoms with Crippen molar-refractivity contribution in [3.05, 3.63) is 95.5 Å². The Labute approximate surface area is 213 Å². The van der Waals surface area contributed by atoms with Gasteiger partial charge < -0.3 is 10.1 Å². The van der Waals surface area contributed by atoms with E-state index in [0.717, 1.165) is 22.4 Å². The van der Waals surface area contributed by atoms with Gasteiger partial charge in [0.15, 0.2) is 0 Å². The molecule has 1 N–H and O–H groups in total. The van der Waals surface area contributed by atoms with E-state index in [1.54, 1.807) is 18.2 Å². The molecule has 0 aliphatic carbocycles. The highest BCUT2D eigenvalue weighted by molar-refractivity contribution is 7.99. The summed E-state index contributed by atoms with van der Waals surface area (Å²) in [5, 5.41) is 13.9. The lowest BCUT2D eigenvalue weighted by atomic mass is 9.99. The lowest BCUT2D eigenvalue weighted by molar-refractivity contribution is -0.115. The first kappa shape index (κ1) is 24.3. The number of nitriles is 1. The molecule has 0 fully saturated rings. The first-order valence-electron chi connectivity index (χ1n) is 10.9. The van der Waals surface area contributed by atoms with Crippen LogP contribution in [0.2, 0.25) is 5.02 Å². The molecule has 35 heavy (non-hydrogen) atoms. The Kier molecular flexibility index (Phi) is 8.04. The van der Waals surface area contributed by atoms with Gasteiger partial charge in [0.25, 0.3) is 0 Å². The number of carbonyl (C=O) groups excluding carboxylic acids is 1. The van der Waals surface area contributed by atoms with Crippen molar-refractivity contribution >= 4 is 35.0 Å². The number of carbonyl (C=O) groups is 1. The summed E-state index contributed by atoms with van der Waals surface area (Å²) >= 11 is 7.54. The number of halogens is 1. The van der Waals surface area contributed by atoms with Gasteiger partial charge in [0.2, 0.25) is 5.91 Å². The highest BCUT2D eigenvalue weighted by Crippen LogP contribution is 2.34. The molecule has 0 bridgehead atoms. The van der Waals surface area contributed by atoms with Gasteiger partial charge in [0.1, 0.15) is 16.8 Å². The maximum Gasteiger partial charge on any atom is 0.225 e. The van der Waals surface area contributed by atoms with Crippen molar-refractivity contribution in [1.82, 2.24) is 4.98 Å². The first-order valence-corrected chi connectivity index (χ1v) is 12.3. The second-order valence-electron chi connectivity index (χ2n) is 7.58. The minimum atomic E-state index is -0.153. The Morgan fingerprint density at radius 3 is 2.34 bits per heavy atom. The number of ether oxygens (including phenoxy) is 1. The Hall–Kier alpha value is -3.79. The molecule has 4 rings (SSSR count). The van der Waals surface area contributed by atoms with Gasteiger partial charge in [-0.2, -0.15) is 5.26 Å². The van der Waals surface area contributed by atoms with E-state index in [1.165, 1.54) is 18.9 Å². The third kappa shape index (κ3) is 6.02. The van der Waals surface area contributed by atoms with Crippen LogP contribution in [-0.2, 0) is 4.79 Å². The summed E-state index contributed by atoms with van der Waals surface area (Å²) in [6, 6.07) is 29.0. The Morgan fingerprint density at radius 1 is 1.03 bits per heavy atom. The molecule has 0 saturated heterocycles. The monoisotopic (exact) mass is 499 g/mol. The zero-order chi connectivity index (χ0) is 24.6. The number of methoxy groups -OCH3 is 1. The molecule has 0 atom stereocenters. The fourth-order valence-electron chi connectivity index (χ4n) is 3.54. The Bertz CT molecular complexity index is 1370. The van der Waals surface area contributed by atoms with Gasteiger partial charge in [-0.05, 0) is 29.8 Å². The fourth-order valence-corrected chi connectivity index (χ4v) is 4.75. The van der Waals surface area contributed by atoms with Gasteiger partial charge in [0.05, 0.1) is 23.4 Å². The lowest BCUT2D eigenvalue weighted by Crippen LogP contribution is -2.12. The molecule has 0 radical (unpaired) electrons. The first-order chi connectivity index (χ1) is 17.1. The number of nitrogens with zero attached hydrogens (tertiary/aromatic N) is 2. The molecule has 5 nitrogen and oxygen atoms in total. The minimum Gasteiger partial charge on any atom is -0.495 e. The molecule has 174 valence electrons. The minimum absolute atomic E-state index is 0.153. The predicted octanol–water partition coefficient (Wildman–Crippen LogP) is 7.07. The van der Waals surface area contributed by atoms with E-state index in [-0.39, 0.29) is 12.3 Å². The van der Waals surface area contributed by atoms with Gasteiger partial charge in [0, 0.05) is 29.0 Å². The maximum absolute atomic E-state index is 12.5. The second-order valence-corrected chi connectivity index (χ2v) is 9.07. The molecule has 7 heteroatoms. The topological polar surface area (TPSA) is 75.0 Å². The number of rotatable bonds is 8. The number of aromatic nitrogens is 1. The number of thioether (sulfide) groups is 1. The van der Waals surface area contributed by atoms with Crippen molar-refractivity contribution in [3.63, 3.8) is 0 Å². The van der Waals surface area contributed by atoms with Gasteiger partial charge in [-0.1, -0.05) is 72.3 Å². The van der Waals surface area contributed by atoms with Gasteiger partial charge in [-0.15, -0.1) is 11.8 Å². The molecule has 1 amide bonds. The van der Waals surface area contributed by atoms with E-state index < -0.39 is 0 Å². The largest absolute Gasteiger partial charge is 0.495 e. The molecule has 1 heterocycles. The zero-order valence-corrected chi connectivity index (χ0v) is 20.6. The summed E-state index contributed by atoms with van der Waals surface area (Å²) in [5.41, 5.74) is 4.61. The summed E-state index contributed by atoms with van der Waals surface area (Å²) in [7, 11) is 1.54. The van der Waals surface area contributed by atoms with E-state index in [0.29, 0.717) is 32.8 Å². The van der Waals surface area contributed by atoms with Crippen LogP contribution in [-0.4, -0.2) is 23.8 Å². The summed E-state index contributed by atoms with van der Waals surface area (Å²) in [6.07, 6.45) is 0.247.